The summed E-state index contributed by atoms with van der Waals surface area (Å²) >= 11 is 5.89. The van der Waals surface area contributed by atoms with E-state index in [4.69, 9.17) is 11.6 Å². The molecule has 0 unspecified atom stereocenters. The Labute approximate surface area is 202 Å². The first kappa shape index (κ1) is 23.7. The lowest BCUT2D eigenvalue weighted by Gasteiger charge is -2.14. The minimum Gasteiger partial charge on any atom is -0.325 e. The first-order valence-corrected chi connectivity index (χ1v) is 12.5. The number of benzene rings is 2. The average Bonchev–Trinajstić information content (AvgIpc) is 2.82. The number of pyridine rings is 2. The quantitative estimate of drug-likeness (QED) is 0.427. The summed E-state index contributed by atoms with van der Waals surface area (Å²) in [6.07, 6.45) is 1.96. The fourth-order valence-corrected chi connectivity index (χ4v) is 5.06. The van der Waals surface area contributed by atoms with E-state index >= 15 is 0 Å². The van der Waals surface area contributed by atoms with Gasteiger partial charge in [-0.1, -0.05) is 30.7 Å². The zero-order valence-electron chi connectivity index (χ0n) is 18.6. The molecule has 2 heterocycles. The molecule has 7 nitrogen and oxygen atoms in total. The Morgan fingerprint density at radius 3 is 2.35 bits per heavy atom. The number of halogens is 1. The van der Waals surface area contributed by atoms with Gasteiger partial charge in [-0.25, -0.2) is 13.4 Å². The fourth-order valence-electron chi connectivity index (χ4n) is 3.56. The van der Waals surface area contributed by atoms with Gasteiger partial charge in [0, 0.05) is 22.6 Å². The number of carbonyl (C=O) groups excluding carboxylic acids is 1. The van der Waals surface area contributed by atoms with Crippen molar-refractivity contribution in [1.82, 2.24) is 9.55 Å². The highest BCUT2D eigenvalue weighted by atomic mass is 35.5. The molecule has 0 spiro atoms. The topological polar surface area (TPSA) is 98.1 Å². The lowest BCUT2D eigenvalue weighted by Crippen LogP contribution is -2.24. The molecule has 1 N–H and O–H groups in total. The maximum atomic E-state index is 13.4. The summed E-state index contributed by atoms with van der Waals surface area (Å²) in [5.74, 6) is -0.411. The molecule has 0 fully saturated rings. The molecule has 1 amide bonds. The molecular weight excluding hydrogens is 474 g/mol. The molecule has 0 aliphatic rings. The Hall–Kier alpha value is -3.49. The van der Waals surface area contributed by atoms with Crippen molar-refractivity contribution in [3.05, 3.63) is 93.4 Å². The van der Waals surface area contributed by atoms with Crippen molar-refractivity contribution in [2.24, 2.45) is 0 Å². The standard InChI is InChI=1S/C25H22ClN3O4S/c1-3-17-5-11-20(12-6-17)34(32,33)22-14-29(25-21(24(22)31)13-4-16(2)27-25)15-23(30)28-19-9-7-18(26)8-10-19/h4-14H,3,15H2,1-2H3,(H,28,30). The fraction of sp³-hybridized carbons (Fsp3) is 0.160. The number of anilines is 1. The van der Waals surface area contributed by atoms with E-state index in [1.165, 1.54) is 29.0 Å². The molecule has 0 radical (unpaired) electrons. The van der Waals surface area contributed by atoms with Crippen LogP contribution in [0.25, 0.3) is 11.0 Å². The van der Waals surface area contributed by atoms with Crippen molar-refractivity contribution in [3.8, 4) is 0 Å². The number of aryl methyl sites for hydroxylation is 2. The first-order chi connectivity index (χ1) is 16.2. The van der Waals surface area contributed by atoms with E-state index in [1.807, 2.05) is 6.92 Å². The Bertz CT molecular complexity index is 1540. The zero-order chi connectivity index (χ0) is 24.5. The zero-order valence-corrected chi connectivity index (χ0v) is 20.2. The molecule has 0 saturated carbocycles. The minimum absolute atomic E-state index is 0.0124. The van der Waals surface area contributed by atoms with Crippen molar-refractivity contribution in [2.75, 3.05) is 5.32 Å². The van der Waals surface area contributed by atoms with Crippen molar-refractivity contribution in [3.63, 3.8) is 0 Å². The summed E-state index contributed by atoms with van der Waals surface area (Å²) in [4.78, 5) is 30.0. The van der Waals surface area contributed by atoms with E-state index in [9.17, 15) is 18.0 Å². The Morgan fingerprint density at radius 2 is 1.71 bits per heavy atom. The van der Waals surface area contributed by atoms with Gasteiger partial charge in [-0.3, -0.25) is 9.59 Å². The number of carbonyl (C=O) groups is 1. The first-order valence-electron chi connectivity index (χ1n) is 10.6. The summed E-state index contributed by atoms with van der Waals surface area (Å²) in [6.45, 7) is 3.48. The predicted octanol–water partition coefficient (Wildman–Crippen LogP) is 4.39. The molecular formula is C25H22ClN3O4S. The molecule has 4 rings (SSSR count). The van der Waals surface area contributed by atoms with Gasteiger partial charge in [-0.15, -0.1) is 0 Å². The third-order valence-corrected chi connectivity index (χ3v) is 7.42. The van der Waals surface area contributed by atoms with Crippen LogP contribution in [0.1, 0.15) is 18.2 Å². The van der Waals surface area contributed by atoms with E-state index in [-0.39, 0.29) is 22.5 Å². The highest BCUT2D eigenvalue weighted by Crippen LogP contribution is 2.22. The SMILES string of the molecule is CCc1ccc(S(=O)(=O)c2cn(CC(=O)Nc3ccc(Cl)cc3)c3nc(C)ccc3c2=O)cc1. The summed E-state index contributed by atoms with van der Waals surface area (Å²) in [6, 6.07) is 16.2. The van der Waals surface area contributed by atoms with Crippen LogP contribution in [0.2, 0.25) is 5.02 Å². The maximum absolute atomic E-state index is 13.4. The molecule has 4 aromatic rings. The molecule has 0 atom stereocenters. The van der Waals surface area contributed by atoms with Crippen molar-refractivity contribution < 1.29 is 13.2 Å². The maximum Gasteiger partial charge on any atom is 0.244 e. The molecule has 9 heteroatoms. The predicted molar refractivity (Wildman–Crippen MR) is 132 cm³/mol. The second-order valence-electron chi connectivity index (χ2n) is 7.83. The molecule has 174 valence electrons. The van der Waals surface area contributed by atoms with E-state index < -0.39 is 26.1 Å². The van der Waals surface area contributed by atoms with E-state index in [0.29, 0.717) is 16.4 Å². The van der Waals surface area contributed by atoms with Gasteiger partial charge in [-0.2, -0.15) is 0 Å². The van der Waals surface area contributed by atoms with Gasteiger partial charge in [-0.05, 0) is 67.4 Å². The number of nitrogens with one attached hydrogen (secondary N) is 1. The summed E-state index contributed by atoms with van der Waals surface area (Å²) in [7, 11) is -4.13. The lowest BCUT2D eigenvalue weighted by atomic mass is 10.2. The third-order valence-electron chi connectivity index (χ3n) is 5.40. The molecule has 0 bridgehead atoms. The van der Waals surface area contributed by atoms with Crippen LogP contribution >= 0.6 is 11.6 Å². The summed E-state index contributed by atoms with van der Waals surface area (Å²) in [5, 5.41) is 3.40. The second kappa shape index (κ2) is 9.40. The normalized spacial score (nSPS) is 11.5. The van der Waals surface area contributed by atoms with Crippen molar-refractivity contribution >= 4 is 44.1 Å². The third kappa shape index (κ3) is 4.73. The van der Waals surface area contributed by atoms with Crippen LogP contribution in [0.15, 0.2) is 81.4 Å². The monoisotopic (exact) mass is 495 g/mol. The van der Waals surface area contributed by atoms with Crippen molar-refractivity contribution in [1.29, 1.82) is 0 Å². The van der Waals surface area contributed by atoms with Gasteiger partial charge < -0.3 is 9.88 Å². The number of rotatable bonds is 6. The van der Waals surface area contributed by atoms with Crippen LogP contribution in [-0.2, 0) is 27.6 Å². The Balaban J connectivity index is 1.80. The Kier molecular flexibility index (Phi) is 6.54. The highest BCUT2D eigenvalue weighted by Gasteiger charge is 2.25. The molecule has 0 aliphatic carbocycles. The number of nitrogens with zero attached hydrogens (tertiary/aromatic N) is 2. The van der Waals surface area contributed by atoms with E-state index in [0.717, 1.165) is 12.0 Å². The van der Waals surface area contributed by atoms with Crippen LogP contribution in [0.4, 0.5) is 5.69 Å². The minimum atomic E-state index is -4.13. The van der Waals surface area contributed by atoms with Gasteiger partial charge in [0.05, 0.1) is 10.3 Å². The van der Waals surface area contributed by atoms with Gasteiger partial charge in [0.25, 0.3) is 0 Å². The number of hydrogen-bond donors (Lipinski definition) is 1. The van der Waals surface area contributed by atoms with Crippen LogP contribution in [-0.4, -0.2) is 23.9 Å². The summed E-state index contributed by atoms with van der Waals surface area (Å²) in [5.41, 5.74) is 1.72. The number of hydrogen-bond acceptors (Lipinski definition) is 5. The summed E-state index contributed by atoms with van der Waals surface area (Å²) < 4.78 is 28.1. The van der Waals surface area contributed by atoms with E-state index in [1.54, 1.807) is 49.4 Å². The molecule has 34 heavy (non-hydrogen) atoms. The van der Waals surface area contributed by atoms with E-state index in [2.05, 4.69) is 10.3 Å². The van der Waals surface area contributed by atoms with Gasteiger partial charge >= 0.3 is 0 Å². The number of aromatic nitrogens is 2. The van der Waals surface area contributed by atoms with Crippen LogP contribution in [0.5, 0.6) is 0 Å². The van der Waals surface area contributed by atoms with Crippen LogP contribution < -0.4 is 10.7 Å². The lowest BCUT2D eigenvalue weighted by molar-refractivity contribution is -0.116. The second-order valence-corrected chi connectivity index (χ2v) is 10.2. The number of amides is 1. The van der Waals surface area contributed by atoms with Crippen LogP contribution in [0, 0.1) is 6.92 Å². The van der Waals surface area contributed by atoms with Gasteiger partial charge in [0.1, 0.15) is 17.1 Å². The van der Waals surface area contributed by atoms with Crippen LogP contribution in [0.3, 0.4) is 0 Å². The smallest absolute Gasteiger partial charge is 0.244 e. The molecule has 0 saturated heterocycles. The Morgan fingerprint density at radius 1 is 1.03 bits per heavy atom. The molecule has 2 aromatic carbocycles. The number of sulfone groups is 1. The van der Waals surface area contributed by atoms with Gasteiger partial charge in [0.15, 0.2) is 0 Å². The average molecular weight is 496 g/mol. The largest absolute Gasteiger partial charge is 0.325 e. The molecule has 2 aromatic heterocycles. The van der Waals surface area contributed by atoms with Gasteiger partial charge in [0.2, 0.25) is 21.2 Å². The highest BCUT2D eigenvalue weighted by molar-refractivity contribution is 7.91. The molecule has 0 aliphatic heterocycles. The van der Waals surface area contributed by atoms with Crippen molar-refractivity contribution in [2.45, 2.75) is 36.6 Å². The number of fused-ring (bicyclic) bond motifs is 1.